The van der Waals surface area contributed by atoms with E-state index in [-0.39, 0.29) is 35.6 Å². The highest BCUT2D eigenvalue weighted by Gasteiger charge is 2.68. The number of carbonyl (C=O) groups excluding carboxylic acids is 3. The maximum Gasteiger partial charge on any atom is 0.481 e. The quantitative estimate of drug-likeness (QED) is 0.237. The number of aromatic nitrogens is 1. The van der Waals surface area contributed by atoms with Gasteiger partial charge in [0.25, 0.3) is 11.8 Å². The van der Waals surface area contributed by atoms with E-state index in [0.29, 0.717) is 28.8 Å². The van der Waals surface area contributed by atoms with Crippen LogP contribution >= 0.6 is 11.3 Å². The van der Waals surface area contributed by atoms with E-state index >= 15 is 0 Å². The standard InChI is InChI=1S/C36H45BN4O5S/c1-21(2)16-30(37-45-29-18-25-17-28(35(25,4)5)36(29,6)46-37)41-32(43)26(19-38-31(42)23-14-12-22(3)13-15-23)39-33(44)27-20-47-34(40-27)24-10-8-7-9-11-24/h7-15,20-21,25-26,28-30H,16-19H2,1-6H3,(H,38,42)(H,39,44)(H,41,43)/t25-,26+,28+,29-,30+,36+/m1/s1. The van der Waals surface area contributed by atoms with Crippen molar-refractivity contribution in [2.24, 2.45) is 23.2 Å². The van der Waals surface area contributed by atoms with Gasteiger partial charge < -0.3 is 25.3 Å². The summed E-state index contributed by atoms with van der Waals surface area (Å²) in [6.45, 7) is 12.8. The van der Waals surface area contributed by atoms with Crippen LogP contribution in [0.1, 0.15) is 80.3 Å². The number of thiazole rings is 1. The summed E-state index contributed by atoms with van der Waals surface area (Å²) < 4.78 is 13.3. The Morgan fingerprint density at radius 3 is 2.40 bits per heavy atom. The minimum Gasteiger partial charge on any atom is -0.404 e. The number of benzene rings is 2. The first-order valence-corrected chi connectivity index (χ1v) is 17.5. The van der Waals surface area contributed by atoms with Crippen LogP contribution in [0.3, 0.4) is 0 Å². The molecule has 3 saturated carbocycles. The van der Waals surface area contributed by atoms with Gasteiger partial charge >= 0.3 is 7.12 Å². The first-order valence-electron chi connectivity index (χ1n) is 16.7. The molecule has 7 rings (SSSR count). The lowest BCUT2D eigenvalue weighted by atomic mass is 9.43. The molecule has 3 aromatic rings. The van der Waals surface area contributed by atoms with Gasteiger partial charge in [-0.2, -0.15) is 0 Å². The van der Waals surface area contributed by atoms with Crippen LogP contribution in [0.15, 0.2) is 60.0 Å². The van der Waals surface area contributed by atoms with E-state index in [9.17, 15) is 14.4 Å². The van der Waals surface area contributed by atoms with Gasteiger partial charge in [0.1, 0.15) is 16.7 Å². The summed E-state index contributed by atoms with van der Waals surface area (Å²) in [4.78, 5) is 45.1. The molecule has 6 atom stereocenters. The number of nitrogens with zero attached hydrogens (tertiary/aromatic N) is 1. The molecule has 4 fully saturated rings. The fraction of sp³-hybridized carbons (Fsp3) is 0.500. The average Bonchev–Trinajstić information content (AvgIpc) is 3.68. The number of rotatable bonds is 11. The zero-order chi connectivity index (χ0) is 33.5. The maximum atomic E-state index is 14.0. The van der Waals surface area contributed by atoms with Gasteiger partial charge in [-0.3, -0.25) is 14.4 Å². The molecule has 248 valence electrons. The van der Waals surface area contributed by atoms with Gasteiger partial charge in [0.15, 0.2) is 0 Å². The lowest BCUT2D eigenvalue weighted by Crippen LogP contribution is -2.65. The summed E-state index contributed by atoms with van der Waals surface area (Å²) in [5, 5.41) is 11.2. The Morgan fingerprint density at radius 1 is 1.00 bits per heavy atom. The maximum absolute atomic E-state index is 14.0. The van der Waals surface area contributed by atoms with Crippen LogP contribution in [0.5, 0.6) is 0 Å². The largest absolute Gasteiger partial charge is 0.481 e. The number of hydrogen-bond donors (Lipinski definition) is 3. The number of carbonyl (C=O) groups is 3. The fourth-order valence-corrected chi connectivity index (χ4v) is 8.44. The molecule has 2 aromatic carbocycles. The van der Waals surface area contributed by atoms with Crippen LogP contribution in [0.25, 0.3) is 10.6 Å². The van der Waals surface area contributed by atoms with Crippen molar-refractivity contribution in [3.8, 4) is 10.6 Å². The molecule has 3 aliphatic carbocycles. The molecule has 4 aliphatic rings. The van der Waals surface area contributed by atoms with E-state index in [2.05, 4.69) is 55.6 Å². The second-order valence-corrected chi connectivity index (χ2v) is 15.4. The normalized spacial score (nSPS) is 25.3. The van der Waals surface area contributed by atoms with Crippen molar-refractivity contribution in [1.29, 1.82) is 0 Å². The first-order chi connectivity index (χ1) is 22.3. The van der Waals surface area contributed by atoms with E-state index in [1.807, 2.05) is 49.4 Å². The number of aryl methyl sites for hydroxylation is 1. The molecule has 11 heteroatoms. The number of nitrogens with one attached hydrogen (secondary N) is 3. The first kappa shape index (κ1) is 33.4. The highest BCUT2D eigenvalue weighted by atomic mass is 32.1. The SMILES string of the molecule is Cc1ccc(C(=O)NC[C@H](NC(=O)c2csc(-c3ccccc3)n2)C(=O)N[C@@H](CC(C)C)B2O[C@@H]3C[C@H]4C[C@@H](C4(C)C)[C@]3(C)O2)cc1. The number of hydrogen-bond acceptors (Lipinski definition) is 7. The van der Waals surface area contributed by atoms with E-state index in [1.54, 1.807) is 17.5 Å². The summed E-state index contributed by atoms with van der Waals surface area (Å²) in [6.07, 6.45) is 2.68. The second kappa shape index (κ2) is 13.2. The highest BCUT2D eigenvalue weighted by molar-refractivity contribution is 7.13. The molecule has 0 spiro atoms. The van der Waals surface area contributed by atoms with Gasteiger partial charge in [-0.05, 0) is 68.4 Å². The predicted molar refractivity (Wildman–Crippen MR) is 184 cm³/mol. The summed E-state index contributed by atoms with van der Waals surface area (Å²) in [6, 6.07) is 15.7. The molecule has 0 unspecified atom stereocenters. The molecular formula is C36H45BN4O5S. The van der Waals surface area contributed by atoms with Crippen LogP contribution in [-0.4, -0.2) is 60.1 Å². The van der Waals surface area contributed by atoms with Gasteiger partial charge in [-0.25, -0.2) is 4.98 Å². The van der Waals surface area contributed by atoms with Crippen LogP contribution in [0, 0.1) is 30.1 Å². The summed E-state index contributed by atoms with van der Waals surface area (Å²) in [7, 11) is -0.614. The van der Waals surface area contributed by atoms with Crippen LogP contribution < -0.4 is 16.0 Å². The van der Waals surface area contributed by atoms with Crippen LogP contribution in [-0.2, 0) is 14.1 Å². The fourth-order valence-electron chi connectivity index (χ4n) is 7.63. The van der Waals surface area contributed by atoms with E-state index in [1.165, 1.54) is 11.3 Å². The Labute approximate surface area is 281 Å². The molecule has 3 N–H and O–H groups in total. The third kappa shape index (κ3) is 6.75. The molecule has 2 bridgehead atoms. The molecule has 9 nitrogen and oxygen atoms in total. The Hall–Kier alpha value is -3.54. The molecule has 2 heterocycles. The second-order valence-electron chi connectivity index (χ2n) is 14.6. The van der Waals surface area contributed by atoms with Crippen molar-refractivity contribution < 1.29 is 23.7 Å². The average molecular weight is 657 g/mol. The Balaban J connectivity index is 1.19. The molecule has 0 radical (unpaired) electrons. The van der Waals surface area contributed by atoms with E-state index in [4.69, 9.17) is 9.31 Å². The molecule has 1 saturated heterocycles. The van der Waals surface area contributed by atoms with Gasteiger partial charge in [0.05, 0.1) is 17.6 Å². The van der Waals surface area contributed by atoms with Crippen molar-refractivity contribution in [3.05, 3.63) is 76.8 Å². The minimum absolute atomic E-state index is 0.0244. The summed E-state index contributed by atoms with van der Waals surface area (Å²) >= 11 is 1.35. The highest BCUT2D eigenvalue weighted by Crippen LogP contribution is 2.65. The van der Waals surface area contributed by atoms with Crippen LogP contribution in [0.4, 0.5) is 0 Å². The van der Waals surface area contributed by atoms with Crippen molar-refractivity contribution >= 4 is 36.2 Å². The monoisotopic (exact) mass is 656 g/mol. The van der Waals surface area contributed by atoms with Gasteiger partial charge in [0, 0.05) is 23.1 Å². The van der Waals surface area contributed by atoms with Crippen molar-refractivity contribution in [2.75, 3.05) is 6.54 Å². The van der Waals surface area contributed by atoms with Gasteiger partial charge in [0.2, 0.25) is 5.91 Å². The lowest BCUT2D eigenvalue weighted by molar-refractivity contribution is -0.199. The predicted octanol–water partition coefficient (Wildman–Crippen LogP) is 5.45. The van der Waals surface area contributed by atoms with Crippen molar-refractivity contribution in [1.82, 2.24) is 20.9 Å². The molecule has 47 heavy (non-hydrogen) atoms. The zero-order valence-electron chi connectivity index (χ0n) is 28.0. The van der Waals surface area contributed by atoms with E-state index < -0.39 is 36.5 Å². The zero-order valence-corrected chi connectivity index (χ0v) is 28.9. The third-order valence-electron chi connectivity index (χ3n) is 10.5. The third-order valence-corrected chi connectivity index (χ3v) is 11.4. The number of amides is 3. The smallest absolute Gasteiger partial charge is 0.404 e. The Bertz CT molecular complexity index is 1610. The topological polar surface area (TPSA) is 119 Å². The summed E-state index contributed by atoms with van der Waals surface area (Å²) in [5.74, 6) is -0.462. The molecule has 1 aromatic heterocycles. The van der Waals surface area contributed by atoms with Gasteiger partial charge in [-0.15, -0.1) is 11.3 Å². The molecule has 3 amide bonds. The van der Waals surface area contributed by atoms with Crippen LogP contribution in [0.2, 0.25) is 0 Å². The van der Waals surface area contributed by atoms with Crippen molar-refractivity contribution in [2.45, 2.75) is 84.5 Å². The Kier molecular flexibility index (Phi) is 9.35. The molecular weight excluding hydrogens is 611 g/mol. The van der Waals surface area contributed by atoms with E-state index in [0.717, 1.165) is 24.0 Å². The van der Waals surface area contributed by atoms with Gasteiger partial charge in [-0.1, -0.05) is 75.7 Å². The minimum atomic E-state index is -1.07. The van der Waals surface area contributed by atoms with Crippen molar-refractivity contribution in [3.63, 3.8) is 0 Å². The molecule has 1 aliphatic heterocycles. The summed E-state index contributed by atoms with van der Waals surface area (Å²) in [5.41, 5.74) is 2.39. The lowest BCUT2D eigenvalue weighted by Gasteiger charge is -2.64. The Morgan fingerprint density at radius 2 is 1.72 bits per heavy atom.